The van der Waals surface area contributed by atoms with Crippen LogP contribution >= 0.6 is 0 Å². The number of benzene rings is 3. The fourth-order valence-corrected chi connectivity index (χ4v) is 4.16. The number of fused-ring (bicyclic) bond motifs is 1. The molecule has 6 nitrogen and oxygen atoms in total. The van der Waals surface area contributed by atoms with E-state index in [1.54, 1.807) is 0 Å². The summed E-state index contributed by atoms with van der Waals surface area (Å²) in [6.07, 6.45) is 1.46. The number of hydrogen-bond acceptors (Lipinski definition) is 5. The third-order valence-corrected chi connectivity index (χ3v) is 6.01. The van der Waals surface area contributed by atoms with Crippen molar-refractivity contribution in [2.24, 2.45) is 0 Å². The quantitative estimate of drug-likeness (QED) is 0.484. The van der Waals surface area contributed by atoms with E-state index in [0.717, 1.165) is 34.1 Å². The summed E-state index contributed by atoms with van der Waals surface area (Å²) in [6, 6.07) is 24.4. The van der Waals surface area contributed by atoms with E-state index in [4.69, 9.17) is 5.73 Å². The molecule has 0 saturated carbocycles. The van der Waals surface area contributed by atoms with Gasteiger partial charge in [-0.3, -0.25) is 9.69 Å². The minimum Gasteiger partial charge on any atom is -0.383 e. The molecule has 6 heteroatoms. The van der Waals surface area contributed by atoms with Gasteiger partial charge in [-0.2, -0.15) is 0 Å². The number of hydrogen-bond donors (Lipinski definition) is 1. The minimum absolute atomic E-state index is 0.112. The van der Waals surface area contributed by atoms with Crippen LogP contribution in [0, 0.1) is 11.8 Å². The molecule has 0 aliphatic carbocycles. The van der Waals surface area contributed by atoms with E-state index in [-0.39, 0.29) is 5.91 Å². The number of amides is 1. The first-order valence-electron chi connectivity index (χ1n) is 11.3. The van der Waals surface area contributed by atoms with Crippen molar-refractivity contribution in [3.8, 4) is 23.0 Å². The topological polar surface area (TPSA) is 75.3 Å². The number of nitrogen functional groups attached to an aromatic ring is 1. The van der Waals surface area contributed by atoms with Gasteiger partial charge in [-0.1, -0.05) is 60.4 Å². The molecule has 0 spiro atoms. The first-order valence-corrected chi connectivity index (χ1v) is 11.3. The predicted octanol–water partition coefficient (Wildman–Crippen LogP) is 3.57. The lowest BCUT2D eigenvalue weighted by Gasteiger charge is -2.33. The van der Waals surface area contributed by atoms with Gasteiger partial charge in [-0.05, 0) is 41.0 Å². The number of nitrogens with zero attached hydrogens (tertiary/aromatic N) is 4. The van der Waals surface area contributed by atoms with Gasteiger partial charge in [0.2, 0.25) is 5.91 Å². The second-order valence-electron chi connectivity index (χ2n) is 8.38. The average molecular weight is 448 g/mol. The summed E-state index contributed by atoms with van der Waals surface area (Å²) in [7, 11) is 0. The number of anilines is 1. The molecule has 4 aromatic rings. The Morgan fingerprint density at radius 2 is 1.76 bits per heavy atom. The normalized spacial score (nSPS) is 14.1. The number of nitrogens with two attached hydrogens (primary N) is 1. The number of piperazine rings is 1. The van der Waals surface area contributed by atoms with Gasteiger partial charge in [0, 0.05) is 30.6 Å². The second-order valence-corrected chi connectivity index (χ2v) is 8.38. The van der Waals surface area contributed by atoms with Crippen LogP contribution in [-0.4, -0.2) is 51.9 Å². The zero-order chi connectivity index (χ0) is 23.3. The molecule has 0 bridgehead atoms. The van der Waals surface area contributed by atoms with Gasteiger partial charge >= 0.3 is 0 Å². The minimum atomic E-state index is 0.112. The van der Waals surface area contributed by atoms with Crippen molar-refractivity contribution in [1.82, 2.24) is 19.8 Å². The number of aromatic nitrogens is 2. The van der Waals surface area contributed by atoms with Crippen molar-refractivity contribution in [3.63, 3.8) is 0 Å². The van der Waals surface area contributed by atoms with Crippen molar-refractivity contribution >= 4 is 22.6 Å². The predicted molar refractivity (Wildman–Crippen MR) is 135 cm³/mol. The third kappa shape index (κ3) is 4.90. The Balaban J connectivity index is 1.18. The molecule has 3 aromatic carbocycles. The van der Waals surface area contributed by atoms with Crippen molar-refractivity contribution in [1.29, 1.82) is 0 Å². The first-order chi connectivity index (χ1) is 16.7. The average Bonchev–Trinajstić information content (AvgIpc) is 2.86. The molecule has 168 valence electrons. The summed E-state index contributed by atoms with van der Waals surface area (Å²) >= 11 is 0. The van der Waals surface area contributed by atoms with Crippen LogP contribution in [0.15, 0.2) is 79.1 Å². The second kappa shape index (κ2) is 9.74. The summed E-state index contributed by atoms with van der Waals surface area (Å²) in [6.45, 7) is 2.98. The standard InChI is InChI=1S/C28H25N5O/c29-28-25-12-11-22(17-26(25)30-20-31-28)18-33-15-14-32(19-27(33)34)13-5-7-21-6-4-10-24(16-21)23-8-2-1-3-9-23/h1-4,6,8-12,16-17,20H,13-15,18-19H2,(H2,29,30,31). The number of rotatable bonds is 4. The van der Waals surface area contributed by atoms with E-state index < -0.39 is 0 Å². The molecular weight excluding hydrogens is 422 g/mol. The molecule has 5 rings (SSSR count). The Hall–Kier alpha value is -4.21. The van der Waals surface area contributed by atoms with E-state index in [1.165, 1.54) is 11.9 Å². The van der Waals surface area contributed by atoms with Crippen LogP contribution in [-0.2, 0) is 11.3 Å². The zero-order valence-corrected chi connectivity index (χ0v) is 18.8. The van der Waals surface area contributed by atoms with E-state index >= 15 is 0 Å². The van der Waals surface area contributed by atoms with Crippen LogP contribution in [0.4, 0.5) is 5.82 Å². The lowest BCUT2D eigenvalue weighted by atomic mass is 10.0. The summed E-state index contributed by atoms with van der Waals surface area (Å²) in [5, 5.41) is 0.829. The Labute approximate surface area is 199 Å². The SMILES string of the molecule is Nc1ncnc2cc(CN3CCN(CC#Cc4cccc(-c5ccccc5)c4)CC3=O)ccc12. The summed E-state index contributed by atoms with van der Waals surface area (Å²) < 4.78 is 0. The number of carbonyl (C=O) groups excluding carboxylic acids is 1. The zero-order valence-electron chi connectivity index (χ0n) is 18.8. The maximum absolute atomic E-state index is 12.8. The maximum Gasteiger partial charge on any atom is 0.237 e. The van der Waals surface area contributed by atoms with Gasteiger partial charge in [0.05, 0.1) is 18.6 Å². The molecule has 0 radical (unpaired) electrons. The summed E-state index contributed by atoms with van der Waals surface area (Å²) in [4.78, 5) is 25.0. The maximum atomic E-state index is 12.8. The van der Waals surface area contributed by atoms with Crippen LogP contribution in [0.1, 0.15) is 11.1 Å². The highest BCUT2D eigenvalue weighted by molar-refractivity contribution is 5.88. The van der Waals surface area contributed by atoms with E-state index in [9.17, 15) is 4.79 Å². The highest BCUT2D eigenvalue weighted by Crippen LogP contribution is 2.20. The van der Waals surface area contributed by atoms with Crippen molar-refractivity contribution in [3.05, 3.63) is 90.3 Å². The van der Waals surface area contributed by atoms with Crippen LogP contribution in [0.25, 0.3) is 22.0 Å². The van der Waals surface area contributed by atoms with Gasteiger partial charge in [0.15, 0.2) is 0 Å². The van der Waals surface area contributed by atoms with Crippen molar-refractivity contribution in [2.75, 3.05) is 31.9 Å². The van der Waals surface area contributed by atoms with Gasteiger partial charge in [-0.15, -0.1) is 0 Å². The van der Waals surface area contributed by atoms with E-state index in [0.29, 0.717) is 32.0 Å². The molecule has 1 aliphatic heterocycles. The van der Waals surface area contributed by atoms with Crippen molar-refractivity contribution < 1.29 is 4.79 Å². The highest BCUT2D eigenvalue weighted by atomic mass is 16.2. The Morgan fingerprint density at radius 1 is 0.912 bits per heavy atom. The number of carbonyl (C=O) groups is 1. The Morgan fingerprint density at radius 3 is 2.62 bits per heavy atom. The summed E-state index contributed by atoms with van der Waals surface area (Å²) in [5.41, 5.74) is 11.0. The van der Waals surface area contributed by atoms with Crippen LogP contribution in [0.3, 0.4) is 0 Å². The lowest BCUT2D eigenvalue weighted by molar-refractivity contribution is -0.136. The molecule has 0 atom stereocenters. The van der Waals surface area contributed by atoms with Crippen LogP contribution in [0.5, 0.6) is 0 Å². The van der Waals surface area contributed by atoms with Gasteiger partial charge in [-0.25, -0.2) is 9.97 Å². The van der Waals surface area contributed by atoms with Gasteiger partial charge < -0.3 is 10.6 Å². The molecule has 1 amide bonds. The van der Waals surface area contributed by atoms with Crippen molar-refractivity contribution in [2.45, 2.75) is 6.54 Å². The fraction of sp³-hybridized carbons (Fsp3) is 0.179. The highest BCUT2D eigenvalue weighted by Gasteiger charge is 2.23. The molecule has 1 aliphatic rings. The van der Waals surface area contributed by atoms with Crippen LogP contribution < -0.4 is 5.73 Å². The molecule has 1 fully saturated rings. The lowest BCUT2D eigenvalue weighted by Crippen LogP contribution is -2.49. The molecule has 34 heavy (non-hydrogen) atoms. The third-order valence-electron chi connectivity index (χ3n) is 6.01. The van der Waals surface area contributed by atoms with Crippen LogP contribution in [0.2, 0.25) is 0 Å². The Kier molecular flexibility index (Phi) is 6.19. The fourth-order valence-electron chi connectivity index (χ4n) is 4.16. The Bertz CT molecular complexity index is 1390. The molecule has 0 unspecified atom stereocenters. The van der Waals surface area contributed by atoms with Gasteiger partial charge in [0.25, 0.3) is 0 Å². The largest absolute Gasteiger partial charge is 0.383 e. The monoisotopic (exact) mass is 447 g/mol. The smallest absolute Gasteiger partial charge is 0.237 e. The molecule has 1 aromatic heterocycles. The van der Waals surface area contributed by atoms with E-state index in [1.807, 2.05) is 53.4 Å². The summed E-state index contributed by atoms with van der Waals surface area (Å²) in [5.74, 6) is 7.07. The molecular formula is C28H25N5O. The molecule has 2 N–H and O–H groups in total. The molecule has 2 heterocycles. The van der Waals surface area contributed by atoms with Gasteiger partial charge in [0.1, 0.15) is 12.1 Å². The first kappa shape index (κ1) is 21.6. The molecule has 1 saturated heterocycles. The van der Waals surface area contributed by atoms with E-state index in [2.05, 4.69) is 51.0 Å².